The van der Waals surface area contributed by atoms with Crippen LogP contribution in [0.1, 0.15) is 44.0 Å². The lowest BCUT2D eigenvalue weighted by atomic mass is 10.1. The Balaban J connectivity index is 2.08. The molecule has 1 unspecified atom stereocenters. The third-order valence-electron chi connectivity index (χ3n) is 2.92. The van der Waals surface area contributed by atoms with Crippen molar-refractivity contribution in [3.8, 4) is 5.75 Å². The summed E-state index contributed by atoms with van der Waals surface area (Å²) in [5.74, 6) is 2.11. The molecule has 0 radical (unpaired) electrons. The Bertz CT molecular complexity index is 596. The zero-order valence-electron chi connectivity index (χ0n) is 12.5. The Morgan fingerprint density at radius 2 is 2.10 bits per heavy atom. The van der Waals surface area contributed by atoms with Gasteiger partial charge in [-0.15, -0.1) is 0 Å². The summed E-state index contributed by atoms with van der Waals surface area (Å²) in [6.07, 6.45) is 0.691. The largest absolute Gasteiger partial charge is 0.483 e. The van der Waals surface area contributed by atoms with Gasteiger partial charge in [-0.25, -0.2) is 0 Å². The second-order valence-electron chi connectivity index (χ2n) is 5.42. The van der Waals surface area contributed by atoms with Crippen LogP contribution >= 0.6 is 11.6 Å². The average molecular weight is 310 g/mol. The van der Waals surface area contributed by atoms with Gasteiger partial charge in [-0.05, 0) is 37.1 Å². The van der Waals surface area contributed by atoms with Gasteiger partial charge in [-0.1, -0.05) is 30.6 Å². The number of nitrogens with zero attached hydrogens (tertiary/aromatic N) is 2. The Morgan fingerprint density at radius 1 is 1.33 bits per heavy atom. The minimum Gasteiger partial charge on any atom is -0.483 e. The average Bonchev–Trinajstić information content (AvgIpc) is 2.86. The van der Waals surface area contributed by atoms with Gasteiger partial charge in [0.15, 0.2) is 12.4 Å². The molecule has 21 heavy (non-hydrogen) atoms. The molecule has 1 atom stereocenters. The van der Waals surface area contributed by atoms with E-state index in [1.165, 1.54) is 0 Å². The predicted molar refractivity (Wildman–Crippen MR) is 81.5 cm³/mol. The first kappa shape index (κ1) is 15.8. The molecule has 2 rings (SSSR count). The number of hydrogen-bond acceptors (Lipinski definition) is 5. The number of hydrogen-bond donors (Lipinski definition) is 1. The maximum atomic E-state index is 6.02. The molecule has 1 aromatic carbocycles. The second-order valence-corrected chi connectivity index (χ2v) is 5.86. The van der Waals surface area contributed by atoms with E-state index in [4.69, 9.17) is 26.6 Å². The summed E-state index contributed by atoms with van der Waals surface area (Å²) in [6.45, 7) is 6.19. The van der Waals surface area contributed by atoms with Crippen LogP contribution in [0.4, 0.5) is 0 Å². The Hall–Kier alpha value is -1.59. The molecule has 5 nitrogen and oxygen atoms in total. The maximum absolute atomic E-state index is 6.02. The molecule has 1 aromatic heterocycles. The number of benzene rings is 1. The van der Waals surface area contributed by atoms with Crippen molar-refractivity contribution in [2.45, 2.75) is 45.8 Å². The van der Waals surface area contributed by atoms with E-state index in [-0.39, 0.29) is 18.6 Å². The summed E-state index contributed by atoms with van der Waals surface area (Å²) >= 11 is 6.02. The Morgan fingerprint density at radius 3 is 2.71 bits per heavy atom. The number of halogens is 1. The molecular weight excluding hydrogens is 290 g/mol. The first-order chi connectivity index (χ1) is 9.95. The lowest BCUT2D eigenvalue weighted by molar-refractivity contribution is 0.240. The minimum atomic E-state index is 0.0294. The van der Waals surface area contributed by atoms with Crippen molar-refractivity contribution in [3.63, 3.8) is 0 Å². The first-order valence-corrected chi connectivity index (χ1v) is 7.32. The van der Waals surface area contributed by atoms with Gasteiger partial charge >= 0.3 is 0 Å². The standard InChI is InChI=1S/C15H20ClN3O2/c1-9(2)15-18-14(21-19-15)8-20-13-5-4-12(16)7-11(13)6-10(3)17/h4-5,7,9-10H,6,8,17H2,1-3H3. The van der Waals surface area contributed by atoms with Crippen molar-refractivity contribution in [3.05, 3.63) is 40.5 Å². The first-order valence-electron chi connectivity index (χ1n) is 6.95. The van der Waals surface area contributed by atoms with E-state index < -0.39 is 0 Å². The molecule has 0 saturated heterocycles. The van der Waals surface area contributed by atoms with Crippen molar-refractivity contribution in [2.24, 2.45) is 5.73 Å². The van der Waals surface area contributed by atoms with Crippen molar-refractivity contribution in [1.29, 1.82) is 0 Å². The molecule has 0 aliphatic carbocycles. The number of ether oxygens (including phenoxy) is 1. The zero-order chi connectivity index (χ0) is 15.4. The van der Waals surface area contributed by atoms with E-state index in [0.29, 0.717) is 23.2 Å². The van der Waals surface area contributed by atoms with Crippen LogP contribution in [0, 0.1) is 0 Å². The Labute approximate surface area is 129 Å². The number of aromatic nitrogens is 2. The molecule has 1 heterocycles. The van der Waals surface area contributed by atoms with Gasteiger partial charge in [-0.3, -0.25) is 0 Å². The molecule has 0 amide bonds. The monoisotopic (exact) mass is 309 g/mol. The van der Waals surface area contributed by atoms with E-state index in [2.05, 4.69) is 10.1 Å². The van der Waals surface area contributed by atoms with Gasteiger partial charge in [0.05, 0.1) is 0 Å². The molecule has 6 heteroatoms. The van der Waals surface area contributed by atoms with Crippen molar-refractivity contribution in [1.82, 2.24) is 10.1 Å². The molecule has 0 aliphatic rings. The molecule has 0 spiro atoms. The van der Waals surface area contributed by atoms with Crippen molar-refractivity contribution in [2.75, 3.05) is 0 Å². The quantitative estimate of drug-likeness (QED) is 0.886. The van der Waals surface area contributed by atoms with E-state index in [0.717, 1.165) is 11.3 Å². The summed E-state index contributed by atoms with van der Waals surface area (Å²) in [7, 11) is 0. The highest BCUT2D eigenvalue weighted by Crippen LogP contribution is 2.25. The lowest BCUT2D eigenvalue weighted by Crippen LogP contribution is -2.18. The van der Waals surface area contributed by atoms with Crippen LogP contribution in [0.15, 0.2) is 22.7 Å². The normalized spacial score (nSPS) is 12.7. The van der Waals surface area contributed by atoms with Gasteiger partial charge < -0.3 is 15.0 Å². The van der Waals surface area contributed by atoms with Gasteiger partial charge in [0, 0.05) is 17.0 Å². The second kappa shape index (κ2) is 6.91. The zero-order valence-corrected chi connectivity index (χ0v) is 13.2. The van der Waals surface area contributed by atoms with Gasteiger partial charge in [0.2, 0.25) is 0 Å². The fourth-order valence-corrected chi connectivity index (χ4v) is 2.09. The third kappa shape index (κ3) is 4.44. The van der Waals surface area contributed by atoms with Crippen molar-refractivity contribution < 1.29 is 9.26 Å². The smallest absolute Gasteiger partial charge is 0.264 e. The van der Waals surface area contributed by atoms with Crippen LogP contribution in [-0.2, 0) is 13.0 Å². The molecule has 114 valence electrons. The number of nitrogens with two attached hydrogens (primary N) is 1. The molecule has 2 aromatic rings. The summed E-state index contributed by atoms with van der Waals surface area (Å²) in [5, 5.41) is 4.57. The predicted octanol–water partition coefficient (Wildman–Crippen LogP) is 3.32. The van der Waals surface area contributed by atoms with Gasteiger partial charge in [0.25, 0.3) is 5.89 Å². The number of rotatable bonds is 6. The molecule has 0 aliphatic heterocycles. The SMILES string of the molecule is CC(N)Cc1cc(Cl)ccc1OCc1nc(C(C)C)no1. The molecule has 2 N–H and O–H groups in total. The fourth-order valence-electron chi connectivity index (χ4n) is 1.90. The summed E-state index contributed by atoms with van der Waals surface area (Å²) in [4.78, 5) is 4.28. The van der Waals surface area contributed by atoms with Gasteiger partial charge in [0.1, 0.15) is 5.75 Å². The van der Waals surface area contributed by atoms with Crippen LogP contribution in [0.3, 0.4) is 0 Å². The van der Waals surface area contributed by atoms with Crippen LogP contribution in [0.25, 0.3) is 0 Å². The summed E-state index contributed by atoms with van der Waals surface area (Å²) in [5.41, 5.74) is 6.82. The van der Waals surface area contributed by atoms with Crippen LogP contribution in [-0.4, -0.2) is 16.2 Å². The van der Waals surface area contributed by atoms with Crippen LogP contribution in [0.5, 0.6) is 5.75 Å². The van der Waals surface area contributed by atoms with Crippen molar-refractivity contribution >= 4 is 11.6 Å². The van der Waals surface area contributed by atoms with Gasteiger partial charge in [-0.2, -0.15) is 4.98 Å². The lowest BCUT2D eigenvalue weighted by Gasteiger charge is -2.12. The topological polar surface area (TPSA) is 74.2 Å². The summed E-state index contributed by atoms with van der Waals surface area (Å²) < 4.78 is 10.9. The molecular formula is C15H20ClN3O2. The molecule has 0 saturated carbocycles. The highest BCUT2D eigenvalue weighted by atomic mass is 35.5. The maximum Gasteiger partial charge on any atom is 0.264 e. The molecule has 0 bridgehead atoms. The van der Waals surface area contributed by atoms with E-state index in [1.807, 2.05) is 32.9 Å². The van der Waals surface area contributed by atoms with Crippen LogP contribution < -0.4 is 10.5 Å². The third-order valence-corrected chi connectivity index (χ3v) is 3.15. The highest BCUT2D eigenvalue weighted by Gasteiger charge is 2.12. The van der Waals surface area contributed by atoms with Crippen LogP contribution in [0.2, 0.25) is 5.02 Å². The minimum absolute atomic E-state index is 0.0294. The molecule has 0 fully saturated rings. The highest BCUT2D eigenvalue weighted by molar-refractivity contribution is 6.30. The Kier molecular flexibility index (Phi) is 5.20. The van der Waals surface area contributed by atoms with E-state index in [1.54, 1.807) is 6.07 Å². The van der Waals surface area contributed by atoms with E-state index >= 15 is 0 Å². The fraction of sp³-hybridized carbons (Fsp3) is 0.467. The van der Waals surface area contributed by atoms with E-state index in [9.17, 15) is 0 Å². The summed E-state index contributed by atoms with van der Waals surface area (Å²) in [6, 6.07) is 5.52.